The molecule has 18 heavy (non-hydrogen) atoms. The molecular weight excluding hydrogens is 218 g/mol. The minimum atomic E-state index is 0.749. The van der Waals surface area contributed by atoms with Crippen LogP contribution in [0.4, 0.5) is 0 Å². The van der Waals surface area contributed by atoms with E-state index in [1.807, 2.05) is 0 Å². The van der Waals surface area contributed by atoms with Crippen LogP contribution in [0.2, 0.25) is 0 Å². The van der Waals surface area contributed by atoms with Gasteiger partial charge in [-0.05, 0) is 49.3 Å². The van der Waals surface area contributed by atoms with E-state index in [9.17, 15) is 0 Å². The molecule has 1 aliphatic rings. The number of likely N-dealkylation sites (tertiary alicyclic amines) is 1. The fraction of sp³-hybridized carbons (Fsp3) is 0.647. The van der Waals surface area contributed by atoms with E-state index in [-0.39, 0.29) is 0 Å². The lowest BCUT2D eigenvalue weighted by molar-refractivity contribution is 0.240. The molecule has 1 nitrogen and oxygen atoms in total. The zero-order chi connectivity index (χ0) is 13.0. The molecule has 0 N–H and O–H groups in total. The Morgan fingerprint density at radius 3 is 2.44 bits per heavy atom. The molecule has 0 amide bonds. The maximum Gasteiger partial charge on any atom is 0.0236 e. The third kappa shape index (κ3) is 3.58. The lowest BCUT2D eigenvalue weighted by Gasteiger charge is -2.23. The Labute approximate surface area is 112 Å². The first-order chi connectivity index (χ1) is 8.69. The molecule has 1 saturated heterocycles. The SMILES string of the molecule is CCC1CCCN1Cc1ccc(CC(C)C)cc1. The van der Waals surface area contributed by atoms with Crippen molar-refractivity contribution in [2.45, 2.75) is 59.0 Å². The van der Waals surface area contributed by atoms with Gasteiger partial charge in [-0.3, -0.25) is 4.90 Å². The van der Waals surface area contributed by atoms with Gasteiger partial charge in [-0.15, -0.1) is 0 Å². The van der Waals surface area contributed by atoms with Crippen molar-refractivity contribution in [2.24, 2.45) is 5.92 Å². The molecule has 0 aromatic heterocycles. The topological polar surface area (TPSA) is 3.24 Å². The lowest BCUT2D eigenvalue weighted by Crippen LogP contribution is -2.28. The normalized spacial score (nSPS) is 20.8. The van der Waals surface area contributed by atoms with Gasteiger partial charge in [0.25, 0.3) is 0 Å². The second-order valence-corrected chi connectivity index (χ2v) is 6.09. The number of rotatable bonds is 5. The summed E-state index contributed by atoms with van der Waals surface area (Å²) in [6.45, 7) is 9.30. The van der Waals surface area contributed by atoms with Crippen LogP contribution in [0.25, 0.3) is 0 Å². The van der Waals surface area contributed by atoms with Crippen molar-refractivity contribution in [2.75, 3.05) is 6.54 Å². The second-order valence-electron chi connectivity index (χ2n) is 6.09. The van der Waals surface area contributed by atoms with Crippen LogP contribution in [0.3, 0.4) is 0 Å². The number of nitrogens with zero attached hydrogens (tertiary/aromatic N) is 1. The smallest absolute Gasteiger partial charge is 0.0236 e. The number of hydrogen-bond donors (Lipinski definition) is 0. The van der Waals surface area contributed by atoms with E-state index < -0.39 is 0 Å². The minimum absolute atomic E-state index is 0.749. The summed E-state index contributed by atoms with van der Waals surface area (Å²) in [5.74, 6) is 0.749. The fourth-order valence-electron chi connectivity index (χ4n) is 3.05. The van der Waals surface area contributed by atoms with Crippen LogP contribution in [-0.2, 0) is 13.0 Å². The van der Waals surface area contributed by atoms with Crippen LogP contribution in [0.5, 0.6) is 0 Å². The fourth-order valence-corrected chi connectivity index (χ4v) is 3.05. The highest BCUT2D eigenvalue weighted by molar-refractivity contribution is 5.23. The van der Waals surface area contributed by atoms with Gasteiger partial charge in [-0.2, -0.15) is 0 Å². The molecule has 2 rings (SSSR count). The summed E-state index contributed by atoms with van der Waals surface area (Å²) in [5.41, 5.74) is 2.95. The monoisotopic (exact) mass is 245 g/mol. The molecule has 1 aliphatic heterocycles. The third-order valence-electron chi connectivity index (χ3n) is 4.02. The summed E-state index contributed by atoms with van der Waals surface area (Å²) in [6.07, 6.45) is 5.26. The molecule has 0 radical (unpaired) electrons. The van der Waals surface area contributed by atoms with Gasteiger partial charge in [0.15, 0.2) is 0 Å². The number of benzene rings is 1. The second kappa shape index (κ2) is 6.38. The van der Waals surface area contributed by atoms with Crippen molar-refractivity contribution < 1.29 is 0 Å². The standard InChI is InChI=1S/C17H27N/c1-4-17-6-5-11-18(17)13-16-9-7-15(8-10-16)12-14(2)3/h7-10,14,17H,4-6,11-13H2,1-3H3. The van der Waals surface area contributed by atoms with Crippen LogP contribution in [0, 0.1) is 5.92 Å². The highest BCUT2D eigenvalue weighted by atomic mass is 15.2. The molecule has 1 atom stereocenters. The van der Waals surface area contributed by atoms with E-state index in [2.05, 4.69) is 49.9 Å². The van der Waals surface area contributed by atoms with Gasteiger partial charge in [-0.25, -0.2) is 0 Å². The average Bonchev–Trinajstić information content (AvgIpc) is 2.78. The van der Waals surface area contributed by atoms with Crippen LogP contribution in [-0.4, -0.2) is 17.5 Å². The first-order valence-electron chi connectivity index (χ1n) is 7.51. The van der Waals surface area contributed by atoms with Crippen molar-refractivity contribution in [3.63, 3.8) is 0 Å². The van der Waals surface area contributed by atoms with E-state index in [1.54, 1.807) is 0 Å². The molecule has 1 heterocycles. The Bertz CT molecular complexity index is 352. The summed E-state index contributed by atoms with van der Waals surface area (Å²) in [6, 6.07) is 10.1. The van der Waals surface area contributed by atoms with E-state index in [0.717, 1.165) is 18.5 Å². The summed E-state index contributed by atoms with van der Waals surface area (Å²) in [7, 11) is 0. The maximum atomic E-state index is 2.65. The summed E-state index contributed by atoms with van der Waals surface area (Å²) < 4.78 is 0. The van der Waals surface area contributed by atoms with Gasteiger partial charge in [-0.1, -0.05) is 45.0 Å². The van der Waals surface area contributed by atoms with Crippen LogP contribution >= 0.6 is 0 Å². The Morgan fingerprint density at radius 1 is 1.17 bits per heavy atom. The van der Waals surface area contributed by atoms with Gasteiger partial charge in [0.1, 0.15) is 0 Å². The minimum Gasteiger partial charge on any atom is -0.296 e. The highest BCUT2D eigenvalue weighted by Crippen LogP contribution is 2.22. The summed E-state index contributed by atoms with van der Waals surface area (Å²) in [4.78, 5) is 2.65. The van der Waals surface area contributed by atoms with Crippen molar-refractivity contribution >= 4 is 0 Å². The van der Waals surface area contributed by atoms with Gasteiger partial charge in [0, 0.05) is 12.6 Å². The Morgan fingerprint density at radius 2 is 1.83 bits per heavy atom. The lowest BCUT2D eigenvalue weighted by atomic mass is 10.0. The van der Waals surface area contributed by atoms with Gasteiger partial charge < -0.3 is 0 Å². The molecular formula is C17H27N. The summed E-state index contributed by atoms with van der Waals surface area (Å²) >= 11 is 0. The van der Waals surface area contributed by atoms with E-state index >= 15 is 0 Å². The molecule has 1 heteroatoms. The highest BCUT2D eigenvalue weighted by Gasteiger charge is 2.22. The molecule has 1 fully saturated rings. The van der Waals surface area contributed by atoms with Crippen LogP contribution in [0.15, 0.2) is 24.3 Å². The zero-order valence-corrected chi connectivity index (χ0v) is 12.2. The quantitative estimate of drug-likeness (QED) is 0.749. The predicted molar refractivity (Wildman–Crippen MR) is 78.7 cm³/mol. The summed E-state index contributed by atoms with van der Waals surface area (Å²) in [5, 5.41) is 0. The Balaban J connectivity index is 1.93. The number of hydrogen-bond acceptors (Lipinski definition) is 1. The molecule has 1 aromatic carbocycles. The molecule has 100 valence electrons. The molecule has 1 unspecified atom stereocenters. The van der Waals surface area contributed by atoms with E-state index in [1.165, 1.54) is 43.4 Å². The molecule has 0 saturated carbocycles. The van der Waals surface area contributed by atoms with Crippen molar-refractivity contribution in [1.29, 1.82) is 0 Å². The predicted octanol–water partition coefficient (Wildman–Crippen LogP) is 4.26. The van der Waals surface area contributed by atoms with Crippen LogP contribution < -0.4 is 0 Å². The van der Waals surface area contributed by atoms with Crippen molar-refractivity contribution in [1.82, 2.24) is 4.90 Å². The molecule has 1 aromatic rings. The Kier molecular flexibility index (Phi) is 4.82. The van der Waals surface area contributed by atoms with E-state index in [0.29, 0.717) is 0 Å². The van der Waals surface area contributed by atoms with E-state index in [4.69, 9.17) is 0 Å². The molecule has 0 spiro atoms. The Hall–Kier alpha value is -0.820. The first kappa shape index (κ1) is 13.6. The average molecular weight is 245 g/mol. The third-order valence-corrected chi connectivity index (χ3v) is 4.02. The molecule has 0 aliphatic carbocycles. The van der Waals surface area contributed by atoms with Gasteiger partial charge in [0.05, 0.1) is 0 Å². The largest absolute Gasteiger partial charge is 0.296 e. The van der Waals surface area contributed by atoms with Gasteiger partial charge >= 0.3 is 0 Å². The van der Waals surface area contributed by atoms with Crippen molar-refractivity contribution in [3.8, 4) is 0 Å². The zero-order valence-electron chi connectivity index (χ0n) is 12.2. The maximum absolute atomic E-state index is 2.65. The van der Waals surface area contributed by atoms with Gasteiger partial charge in [0.2, 0.25) is 0 Å². The first-order valence-corrected chi connectivity index (χ1v) is 7.51. The van der Waals surface area contributed by atoms with Crippen LogP contribution in [0.1, 0.15) is 51.2 Å². The van der Waals surface area contributed by atoms with Crippen molar-refractivity contribution in [3.05, 3.63) is 35.4 Å². The molecule has 0 bridgehead atoms.